The molecule has 2 aromatic heterocycles. The fraction of sp³-hybridized carbons (Fsp3) is 0.364. The first-order valence-electron chi connectivity index (χ1n) is 10.6. The molecule has 0 aliphatic heterocycles. The first-order chi connectivity index (χ1) is 15.8. The van der Waals surface area contributed by atoms with Gasteiger partial charge in [-0.3, -0.25) is 29.1 Å². The van der Waals surface area contributed by atoms with E-state index in [1.54, 1.807) is 11.3 Å². The zero-order valence-electron chi connectivity index (χ0n) is 17.9. The molecule has 11 heteroatoms. The van der Waals surface area contributed by atoms with Gasteiger partial charge < -0.3 is 10.1 Å². The third-order valence-corrected chi connectivity index (χ3v) is 6.70. The SMILES string of the molecule is CC(OC(=O)CCn1cnc2sc3c(c2c1=O)CCCC3)C(=O)Nc1cccc([N+](=O)[O-])c1. The fourth-order valence-corrected chi connectivity index (χ4v) is 5.02. The van der Waals surface area contributed by atoms with Gasteiger partial charge in [0, 0.05) is 29.2 Å². The topological polar surface area (TPSA) is 133 Å². The first-order valence-corrected chi connectivity index (χ1v) is 11.4. The van der Waals surface area contributed by atoms with Crippen LogP contribution in [0, 0.1) is 10.1 Å². The van der Waals surface area contributed by atoms with Gasteiger partial charge >= 0.3 is 5.97 Å². The van der Waals surface area contributed by atoms with Crippen molar-refractivity contribution in [3.63, 3.8) is 0 Å². The number of amides is 1. The summed E-state index contributed by atoms with van der Waals surface area (Å²) in [6, 6.07) is 5.46. The van der Waals surface area contributed by atoms with Gasteiger partial charge in [-0.2, -0.15) is 0 Å². The van der Waals surface area contributed by atoms with Crippen LogP contribution in [0.25, 0.3) is 10.2 Å². The highest BCUT2D eigenvalue weighted by molar-refractivity contribution is 7.18. The summed E-state index contributed by atoms with van der Waals surface area (Å²) in [7, 11) is 0. The molecular formula is C22H22N4O6S. The lowest BCUT2D eigenvalue weighted by atomic mass is 9.97. The summed E-state index contributed by atoms with van der Waals surface area (Å²) in [6.07, 6.45) is 4.24. The molecule has 172 valence electrons. The number of carbonyl (C=O) groups excluding carboxylic acids is 2. The summed E-state index contributed by atoms with van der Waals surface area (Å²) >= 11 is 1.56. The Kier molecular flexibility index (Phi) is 6.50. The van der Waals surface area contributed by atoms with E-state index in [0.717, 1.165) is 36.1 Å². The summed E-state index contributed by atoms with van der Waals surface area (Å²) in [6.45, 7) is 1.49. The fourth-order valence-electron chi connectivity index (χ4n) is 3.80. The highest BCUT2D eigenvalue weighted by Gasteiger charge is 2.21. The second-order valence-electron chi connectivity index (χ2n) is 7.81. The molecule has 0 saturated carbocycles. The number of thiophene rings is 1. The number of nitrogens with zero attached hydrogens (tertiary/aromatic N) is 3. The number of nitro groups is 1. The van der Waals surface area contributed by atoms with E-state index in [-0.39, 0.29) is 29.9 Å². The maximum Gasteiger partial charge on any atom is 0.308 e. The van der Waals surface area contributed by atoms with Gasteiger partial charge in [0.25, 0.3) is 17.2 Å². The van der Waals surface area contributed by atoms with Crippen molar-refractivity contribution < 1.29 is 19.2 Å². The number of hydrogen-bond acceptors (Lipinski definition) is 8. The van der Waals surface area contributed by atoms with E-state index < -0.39 is 22.9 Å². The molecular weight excluding hydrogens is 448 g/mol. The standard InChI is InChI=1S/C22H22N4O6S/c1-13(20(28)24-14-5-4-6-15(11-14)26(30)31)32-18(27)9-10-25-12-23-21-19(22(25)29)16-7-2-3-8-17(16)33-21/h4-6,11-13H,2-3,7-10H2,1H3,(H,24,28). The van der Waals surface area contributed by atoms with E-state index in [1.165, 1.54) is 47.0 Å². The van der Waals surface area contributed by atoms with Gasteiger partial charge in [0.15, 0.2) is 6.10 Å². The van der Waals surface area contributed by atoms with E-state index >= 15 is 0 Å². The third kappa shape index (κ3) is 4.92. The van der Waals surface area contributed by atoms with Gasteiger partial charge in [0.1, 0.15) is 4.83 Å². The summed E-state index contributed by atoms with van der Waals surface area (Å²) in [4.78, 5) is 54.1. The minimum Gasteiger partial charge on any atom is -0.452 e. The number of carbonyl (C=O) groups is 2. The summed E-state index contributed by atoms with van der Waals surface area (Å²) in [5, 5.41) is 14.0. The van der Waals surface area contributed by atoms with Gasteiger partial charge in [-0.05, 0) is 44.2 Å². The largest absolute Gasteiger partial charge is 0.452 e. The Morgan fingerprint density at radius 3 is 2.91 bits per heavy atom. The highest BCUT2D eigenvalue weighted by atomic mass is 32.1. The minimum absolute atomic E-state index is 0.0877. The molecule has 1 aromatic carbocycles. The maximum absolute atomic E-state index is 12.9. The van der Waals surface area contributed by atoms with E-state index in [4.69, 9.17) is 4.74 Å². The van der Waals surface area contributed by atoms with Crippen LogP contribution in [0.4, 0.5) is 11.4 Å². The predicted octanol–water partition coefficient (Wildman–Crippen LogP) is 3.21. The highest BCUT2D eigenvalue weighted by Crippen LogP contribution is 2.33. The number of non-ortho nitro benzene ring substituents is 1. The molecule has 2 heterocycles. The van der Waals surface area contributed by atoms with Crippen LogP contribution >= 0.6 is 11.3 Å². The first kappa shape index (κ1) is 22.6. The summed E-state index contributed by atoms with van der Waals surface area (Å²) in [5.74, 6) is -1.26. The average molecular weight is 471 g/mol. The molecule has 3 aromatic rings. The number of anilines is 1. The Labute approximate surface area is 192 Å². The molecule has 1 aliphatic carbocycles. The number of fused-ring (bicyclic) bond motifs is 3. The van der Waals surface area contributed by atoms with Gasteiger partial charge in [-0.1, -0.05) is 6.07 Å². The monoisotopic (exact) mass is 470 g/mol. The van der Waals surface area contributed by atoms with Crippen molar-refractivity contribution in [3.05, 3.63) is 61.5 Å². The molecule has 1 N–H and O–H groups in total. The van der Waals surface area contributed by atoms with Crippen LogP contribution in [0.3, 0.4) is 0 Å². The Bertz CT molecular complexity index is 1300. The van der Waals surface area contributed by atoms with E-state index in [1.807, 2.05) is 0 Å². The van der Waals surface area contributed by atoms with Crippen molar-refractivity contribution in [1.29, 1.82) is 0 Å². The Morgan fingerprint density at radius 2 is 2.12 bits per heavy atom. The van der Waals surface area contributed by atoms with Crippen LogP contribution in [0.1, 0.15) is 36.6 Å². The zero-order chi connectivity index (χ0) is 23.5. The third-order valence-electron chi connectivity index (χ3n) is 5.50. The minimum atomic E-state index is -1.11. The molecule has 1 amide bonds. The number of nitro benzene ring substituents is 1. The van der Waals surface area contributed by atoms with Crippen LogP contribution in [0.2, 0.25) is 0 Å². The number of benzene rings is 1. The number of ether oxygens (including phenoxy) is 1. The van der Waals surface area contributed by atoms with Gasteiger partial charge in [0.2, 0.25) is 0 Å². The summed E-state index contributed by atoms with van der Waals surface area (Å²) in [5.41, 5.74) is 0.980. The number of nitrogens with one attached hydrogen (secondary N) is 1. The van der Waals surface area contributed by atoms with Crippen molar-refractivity contribution in [3.8, 4) is 0 Å². The molecule has 0 saturated heterocycles. The molecule has 0 radical (unpaired) electrons. The van der Waals surface area contributed by atoms with Crippen molar-refractivity contribution in [2.75, 3.05) is 5.32 Å². The number of rotatable bonds is 7. The number of hydrogen-bond donors (Lipinski definition) is 1. The van der Waals surface area contributed by atoms with Crippen LogP contribution in [-0.4, -0.2) is 32.5 Å². The number of esters is 1. The van der Waals surface area contributed by atoms with Gasteiger partial charge in [-0.25, -0.2) is 4.98 Å². The molecule has 1 atom stereocenters. The quantitative estimate of drug-likeness (QED) is 0.318. The molecule has 0 bridgehead atoms. The lowest BCUT2D eigenvalue weighted by Crippen LogP contribution is -2.30. The van der Waals surface area contributed by atoms with E-state index in [2.05, 4.69) is 10.3 Å². The smallest absolute Gasteiger partial charge is 0.308 e. The van der Waals surface area contributed by atoms with Gasteiger partial charge in [0.05, 0.1) is 23.1 Å². The van der Waals surface area contributed by atoms with E-state index in [9.17, 15) is 24.5 Å². The van der Waals surface area contributed by atoms with Crippen LogP contribution in [0.5, 0.6) is 0 Å². The average Bonchev–Trinajstić information content (AvgIpc) is 3.18. The van der Waals surface area contributed by atoms with Crippen molar-refractivity contribution in [2.45, 2.75) is 51.7 Å². The Hall–Kier alpha value is -3.60. The maximum atomic E-state index is 12.9. The molecule has 33 heavy (non-hydrogen) atoms. The molecule has 10 nitrogen and oxygen atoms in total. The van der Waals surface area contributed by atoms with Crippen LogP contribution < -0.4 is 10.9 Å². The predicted molar refractivity (Wildman–Crippen MR) is 122 cm³/mol. The number of aryl methyl sites for hydroxylation is 3. The normalized spacial score (nSPS) is 13.8. The molecule has 0 fully saturated rings. The molecule has 4 rings (SSSR count). The second-order valence-corrected chi connectivity index (χ2v) is 8.90. The number of aromatic nitrogens is 2. The van der Waals surface area contributed by atoms with Crippen LogP contribution in [-0.2, 0) is 33.7 Å². The van der Waals surface area contributed by atoms with Crippen molar-refractivity contribution >= 4 is 44.8 Å². The van der Waals surface area contributed by atoms with Gasteiger partial charge in [-0.15, -0.1) is 11.3 Å². The summed E-state index contributed by atoms with van der Waals surface area (Å²) < 4.78 is 6.57. The Morgan fingerprint density at radius 1 is 1.33 bits per heavy atom. The molecule has 1 unspecified atom stereocenters. The lowest BCUT2D eigenvalue weighted by molar-refractivity contribution is -0.384. The molecule has 0 spiro atoms. The van der Waals surface area contributed by atoms with Crippen molar-refractivity contribution in [2.24, 2.45) is 0 Å². The lowest BCUT2D eigenvalue weighted by Gasteiger charge is -2.14. The Balaban J connectivity index is 1.36. The van der Waals surface area contributed by atoms with Crippen molar-refractivity contribution in [1.82, 2.24) is 9.55 Å². The van der Waals surface area contributed by atoms with E-state index in [0.29, 0.717) is 5.39 Å². The molecule has 1 aliphatic rings. The second kappa shape index (κ2) is 9.49. The van der Waals surface area contributed by atoms with Crippen LogP contribution in [0.15, 0.2) is 35.4 Å². The zero-order valence-corrected chi connectivity index (χ0v) is 18.7.